The molecule has 0 amide bonds. The monoisotopic (exact) mass is 360 g/mol. The van der Waals surface area contributed by atoms with E-state index in [1.165, 1.54) is 29.5 Å². The van der Waals surface area contributed by atoms with Crippen molar-refractivity contribution in [3.8, 4) is 11.1 Å². The van der Waals surface area contributed by atoms with Gasteiger partial charge in [0.15, 0.2) is 0 Å². The van der Waals surface area contributed by atoms with Gasteiger partial charge in [0.2, 0.25) is 5.95 Å². The summed E-state index contributed by atoms with van der Waals surface area (Å²) >= 11 is 0. The molecular formula is C21H24N6. The summed E-state index contributed by atoms with van der Waals surface area (Å²) in [6.07, 6.45) is 2.65. The number of nitrogens with zero attached hydrogens (tertiary/aromatic N) is 5. The molecule has 1 aliphatic heterocycles. The average molecular weight is 360 g/mol. The van der Waals surface area contributed by atoms with Crippen molar-refractivity contribution in [3.63, 3.8) is 0 Å². The van der Waals surface area contributed by atoms with Crippen molar-refractivity contribution >= 4 is 5.95 Å². The number of tetrazole rings is 1. The Kier molecular flexibility index (Phi) is 4.13. The maximum absolute atomic E-state index is 6.37. The van der Waals surface area contributed by atoms with Crippen molar-refractivity contribution in [1.82, 2.24) is 20.2 Å². The van der Waals surface area contributed by atoms with E-state index in [2.05, 4.69) is 69.0 Å². The van der Waals surface area contributed by atoms with Crippen LogP contribution in [0.4, 0.5) is 5.95 Å². The Bertz CT molecular complexity index is 900. The highest BCUT2D eigenvalue weighted by atomic mass is 15.6. The number of aromatic nitrogens is 4. The predicted octanol–water partition coefficient (Wildman–Crippen LogP) is 2.56. The first-order chi connectivity index (χ1) is 13.3. The van der Waals surface area contributed by atoms with E-state index in [1.54, 1.807) is 0 Å². The van der Waals surface area contributed by atoms with Gasteiger partial charge in [-0.15, -0.1) is 0 Å². The molecule has 6 nitrogen and oxygen atoms in total. The molecule has 0 spiro atoms. The molecule has 2 unspecified atom stereocenters. The summed E-state index contributed by atoms with van der Waals surface area (Å²) in [5.74, 6) is 2.22. The Labute approximate surface area is 159 Å². The van der Waals surface area contributed by atoms with Crippen molar-refractivity contribution in [2.24, 2.45) is 17.6 Å². The molecule has 2 fully saturated rings. The fourth-order valence-corrected chi connectivity index (χ4v) is 4.18. The van der Waals surface area contributed by atoms with Crippen LogP contribution < -0.4 is 10.6 Å². The van der Waals surface area contributed by atoms with Crippen molar-refractivity contribution < 1.29 is 0 Å². The molecule has 1 saturated heterocycles. The van der Waals surface area contributed by atoms with E-state index < -0.39 is 0 Å². The molecular weight excluding hydrogens is 336 g/mol. The van der Waals surface area contributed by atoms with E-state index in [4.69, 9.17) is 5.73 Å². The fraction of sp³-hybridized carbons (Fsp3) is 0.381. The van der Waals surface area contributed by atoms with Gasteiger partial charge in [0.05, 0.1) is 6.54 Å². The van der Waals surface area contributed by atoms with E-state index in [0.717, 1.165) is 25.0 Å². The van der Waals surface area contributed by atoms with Gasteiger partial charge in [0, 0.05) is 19.1 Å². The highest BCUT2D eigenvalue weighted by molar-refractivity contribution is 5.63. The molecule has 6 heteroatoms. The molecule has 1 aromatic heterocycles. The Morgan fingerprint density at radius 2 is 1.67 bits per heavy atom. The van der Waals surface area contributed by atoms with Crippen LogP contribution in [0, 0.1) is 11.8 Å². The topological polar surface area (TPSA) is 72.9 Å². The molecule has 1 saturated carbocycles. The van der Waals surface area contributed by atoms with Crippen molar-refractivity contribution in [2.75, 3.05) is 18.0 Å². The lowest BCUT2D eigenvalue weighted by Gasteiger charge is -2.17. The quantitative estimate of drug-likeness (QED) is 0.757. The van der Waals surface area contributed by atoms with E-state index in [1.807, 2.05) is 10.7 Å². The van der Waals surface area contributed by atoms with E-state index in [0.29, 0.717) is 12.5 Å². The third-order valence-electron chi connectivity index (χ3n) is 5.83. The van der Waals surface area contributed by atoms with Crippen LogP contribution in [0.15, 0.2) is 54.6 Å². The van der Waals surface area contributed by atoms with Crippen molar-refractivity contribution in [1.29, 1.82) is 0 Å². The van der Waals surface area contributed by atoms with Crippen LogP contribution in [0.2, 0.25) is 0 Å². The second-order valence-electron chi connectivity index (χ2n) is 7.77. The molecule has 5 rings (SSSR count). The molecule has 2 N–H and O–H groups in total. The lowest BCUT2D eigenvalue weighted by molar-refractivity contribution is 0.456. The average Bonchev–Trinajstić information content (AvgIpc) is 3.32. The zero-order valence-electron chi connectivity index (χ0n) is 15.3. The minimum Gasteiger partial charge on any atom is -0.338 e. The summed E-state index contributed by atoms with van der Waals surface area (Å²) in [6, 6.07) is 19.3. The van der Waals surface area contributed by atoms with Crippen LogP contribution in [0.3, 0.4) is 0 Å². The maximum Gasteiger partial charge on any atom is 0.245 e. The van der Waals surface area contributed by atoms with Crippen molar-refractivity contribution in [3.05, 3.63) is 60.2 Å². The number of anilines is 1. The zero-order valence-corrected chi connectivity index (χ0v) is 15.3. The first-order valence-electron chi connectivity index (χ1n) is 9.69. The summed E-state index contributed by atoms with van der Waals surface area (Å²) in [5.41, 5.74) is 10.0. The molecule has 27 heavy (non-hydrogen) atoms. The standard InChI is InChI=1S/C21H24N6/c22-20-14-26(13-19(20)18-10-11-18)21-23-24-25-27(21)12-15-6-8-17(9-7-15)16-4-2-1-3-5-16/h1-9,18-20H,10-14,22H2. The number of rotatable bonds is 5. The normalized spacial score (nSPS) is 22.3. The van der Waals surface area contributed by atoms with Gasteiger partial charge in [-0.2, -0.15) is 0 Å². The highest BCUT2D eigenvalue weighted by Crippen LogP contribution is 2.41. The lowest BCUT2D eigenvalue weighted by atomic mass is 9.99. The molecule has 1 aliphatic carbocycles. The Balaban J connectivity index is 1.31. The van der Waals surface area contributed by atoms with Crippen LogP contribution in [0.5, 0.6) is 0 Å². The van der Waals surface area contributed by atoms with Crippen molar-refractivity contribution in [2.45, 2.75) is 25.4 Å². The number of benzene rings is 2. The smallest absolute Gasteiger partial charge is 0.245 e. The first-order valence-corrected chi connectivity index (χ1v) is 9.69. The van der Waals surface area contributed by atoms with E-state index in [9.17, 15) is 0 Å². The summed E-state index contributed by atoms with van der Waals surface area (Å²) in [7, 11) is 0. The van der Waals surface area contributed by atoms with E-state index >= 15 is 0 Å². The third-order valence-corrected chi connectivity index (χ3v) is 5.83. The molecule has 2 atom stereocenters. The summed E-state index contributed by atoms with van der Waals surface area (Å²) in [6.45, 7) is 2.48. The van der Waals surface area contributed by atoms with Gasteiger partial charge in [-0.05, 0) is 51.8 Å². The van der Waals surface area contributed by atoms with Gasteiger partial charge in [-0.25, -0.2) is 4.68 Å². The molecule has 2 aliphatic rings. The highest BCUT2D eigenvalue weighted by Gasteiger charge is 2.42. The molecule has 138 valence electrons. The minimum absolute atomic E-state index is 0.229. The second-order valence-corrected chi connectivity index (χ2v) is 7.77. The van der Waals surface area contributed by atoms with Gasteiger partial charge < -0.3 is 10.6 Å². The molecule has 0 bridgehead atoms. The largest absolute Gasteiger partial charge is 0.338 e. The van der Waals surface area contributed by atoms with Gasteiger partial charge >= 0.3 is 0 Å². The summed E-state index contributed by atoms with van der Waals surface area (Å²) < 4.78 is 1.89. The third kappa shape index (κ3) is 3.32. The van der Waals surface area contributed by atoms with Crippen LogP contribution in [0.25, 0.3) is 11.1 Å². The molecule has 3 aromatic rings. The Morgan fingerprint density at radius 3 is 2.41 bits per heavy atom. The van der Waals surface area contributed by atoms with Crippen LogP contribution in [-0.4, -0.2) is 39.3 Å². The summed E-state index contributed by atoms with van der Waals surface area (Å²) in [4.78, 5) is 2.26. The van der Waals surface area contributed by atoms with Gasteiger partial charge in [0.25, 0.3) is 0 Å². The fourth-order valence-electron chi connectivity index (χ4n) is 4.18. The maximum atomic E-state index is 6.37. The van der Waals surface area contributed by atoms with Crippen LogP contribution in [0.1, 0.15) is 18.4 Å². The minimum atomic E-state index is 0.229. The number of hydrogen-bond donors (Lipinski definition) is 1. The SMILES string of the molecule is NC1CN(c2nnnn2Cc2ccc(-c3ccccc3)cc2)CC1C1CC1. The van der Waals surface area contributed by atoms with Gasteiger partial charge in [0.1, 0.15) is 0 Å². The predicted molar refractivity (Wildman–Crippen MR) is 105 cm³/mol. The van der Waals surface area contributed by atoms with Gasteiger partial charge in [-0.3, -0.25) is 0 Å². The van der Waals surface area contributed by atoms with Crippen LogP contribution in [-0.2, 0) is 6.54 Å². The Hall–Kier alpha value is -2.73. The molecule has 2 aromatic carbocycles. The summed E-state index contributed by atoms with van der Waals surface area (Å²) in [5, 5.41) is 12.4. The zero-order chi connectivity index (χ0) is 18.2. The number of hydrogen-bond acceptors (Lipinski definition) is 5. The molecule has 2 heterocycles. The lowest BCUT2D eigenvalue weighted by Crippen LogP contribution is -2.31. The van der Waals surface area contributed by atoms with E-state index in [-0.39, 0.29) is 6.04 Å². The second kappa shape index (κ2) is 6.78. The first kappa shape index (κ1) is 16.4. The Morgan fingerprint density at radius 1 is 0.926 bits per heavy atom. The van der Waals surface area contributed by atoms with Gasteiger partial charge in [-0.1, -0.05) is 59.7 Å². The molecule has 0 radical (unpaired) electrons. The van der Waals surface area contributed by atoms with Crippen LogP contribution >= 0.6 is 0 Å². The number of nitrogens with two attached hydrogens (primary N) is 1.